The van der Waals surface area contributed by atoms with Crippen LogP contribution in [0.15, 0.2) is 18.2 Å². The first kappa shape index (κ1) is 17.1. The fourth-order valence-electron chi connectivity index (χ4n) is 3.74. The number of hydrogen-bond donors (Lipinski definition) is 0. The van der Waals surface area contributed by atoms with Gasteiger partial charge >= 0.3 is 0 Å². The van der Waals surface area contributed by atoms with Gasteiger partial charge in [-0.25, -0.2) is 4.39 Å². The summed E-state index contributed by atoms with van der Waals surface area (Å²) in [5.41, 5.74) is -0.154. The molecule has 1 aromatic rings. The quantitative estimate of drug-likeness (QED) is 0.755. The Morgan fingerprint density at radius 2 is 1.81 bits per heavy atom. The lowest BCUT2D eigenvalue weighted by Crippen LogP contribution is -2.48. The summed E-state index contributed by atoms with van der Waals surface area (Å²) in [5, 5.41) is 0. The predicted octanol–water partition coefficient (Wildman–Crippen LogP) is 1.18. The Bertz CT molecular complexity index is 765. The molecule has 1 spiro atoms. The van der Waals surface area contributed by atoms with E-state index in [4.69, 9.17) is 9.47 Å². The molecule has 0 saturated carbocycles. The minimum atomic E-state index is -0.715. The van der Waals surface area contributed by atoms with Crippen LogP contribution in [0.5, 0.6) is 0 Å². The Labute approximate surface area is 149 Å². The zero-order chi connectivity index (χ0) is 18.3. The molecule has 3 aliphatic rings. The van der Waals surface area contributed by atoms with Gasteiger partial charge in [0.25, 0.3) is 11.8 Å². The Balaban J connectivity index is 1.35. The van der Waals surface area contributed by atoms with Crippen LogP contribution in [0.25, 0.3) is 0 Å². The molecule has 0 unspecified atom stereocenters. The second-order valence-corrected chi connectivity index (χ2v) is 6.66. The minimum Gasteiger partial charge on any atom is -0.347 e. The van der Waals surface area contributed by atoms with Gasteiger partial charge in [-0.05, 0) is 12.1 Å². The standard InChI is InChI=1S/C18H19FN2O5/c19-13-3-1-2-12-15(13)17(24)21(16(12)23)7-4-14(22)20-8-5-18(6-9-20)25-10-11-26-18/h1-3H,4-11H2. The molecule has 26 heavy (non-hydrogen) atoms. The lowest BCUT2D eigenvalue weighted by atomic mass is 10.0. The smallest absolute Gasteiger partial charge is 0.264 e. The lowest BCUT2D eigenvalue weighted by Gasteiger charge is -2.37. The molecule has 3 heterocycles. The molecule has 138 valence electrons. The van der Waals surface area contributed by atoms with Crippen LogP contribution in [-0.2, 0) is 14.3 Å². The fraction of sp³-hybridized carbons (Fsp3) is 0.500. The molecule has 4 rings (SSSR count). The molecule has 0 atom stereocenters. The molecule has 3 aliphatic heterocycles. The number of likely N-dealkylation sites (tertiary alicyclic amines) is 1. The third-order valence-electron chi connectivity index (χ3n) is 5.19. The summed E-state index contributed by atoms with van der Waals surface area (Å²) in [7, 11) is 0. The second-order valence-electron chi connectivity index (χ2n) is 6.66. The van der Waals surface area contributed by atoms with E-state index in [9.17, 15) is 18.8 Å². The van der Waals surface area contributed by atoms with Gasteiger partial charge in [-0.1, -0.05) is 6.07 Å². The molecule has 0 N–H and O–H groups in total. The molecule has 2 saturated heterocycles. The van der Waals surface area contributed by atoms with Gasteiger partial charge in [-0.15, -0.1) is 0 Å². The van der Waals surface area contributed by atoms with Crippen LogP contribution >= 0.6 is 0 Å². The Hall–Kier alpha value is -2.32. The maximum absolute atomic E-state index is 13.8. The summed E-state index contributed by atoms with van der Waals surface area (Å²) >= 11 is 0. The van der Waals surface area contributed by atoms with E-state index < -0.39 is 23.4 Å². The number of nitrogens with zero attached hydrogens (tertiary/aromatic N) is 2. The van der Waals surface area contributed by atoms with Gasteiger partial charge in [0.2, 0.25) is 5.91 Å². The van der Waals surface area contributed by atoms with Gasteiger partial charge < -0.3 is 14.4 Å². The second kappa shape index (κ2) is 6.44. The first-order valence-electron chi connectivity index (χ1n) is 8.71. The Morgan fingerprint density at radius 1 is 1.12 bits per heavy atom. The van der Waals surface area contributed by atoms with Gasteiger partial charge in [0.15, 0.2) is 5.79 Å². The van der Waals surface area contributed by atoms with Gasteiger partial charge in [0, 0.05) is 38.9 Å². The molecular weight excluding hydrogens is 343 g/mol. The van der Waals surface area contributed by atoms with E-state index in [1.165, 1.54) is 12.1 Å². The molecule has 7 nitrogen and oxygen atoms in total. The highest BCUT2D eigenvalue weighted by Crippen LogP contribution is 2.31. The number of carbonyl (C=O) groups is 3. The van der Waals surface area contributed by atoms with E-state index in [1.807, 2.05) is 0 Å². The lowest BCUT2D eigenvalue weighted by molar-refractivity contribution is -0.187. The Morgan fingerprint density at radius 3 is 2.46 bits per heavy atom. The summed E-state index contributed by atoms with van der Waals surface area (Å²) in [6.45, 7) is 2.11. The van der Waals surface area contributed by atoms with Crippen molar-refractivity contribution in [3.05, 3.63) is 35.1 Å². The zero-order valence-electron chi connectivity index (χ0n) is 14.2. The summed E-state index contributed by atoms with van der Waals surface area (Å²) in [6, 6.07) is 3.96. The van der Waals surface area contributed by atoms with Crippen molar-refractivity contribution in [1.82, 2.24) is 9.80 Å². The molecule has 8 heteroatoms. The average molecular weight is 362 g/mol. The topological polar surface area (TPSA) is 76.2 Å². The van der Waals surface area contributed by atoms with Crippen LogP contribution in [0.3, 0.4) is 0 Å². The van der Waals surface area contributed by atoms with Gasteiger partial charge in [0.05, 0.1) is 24.3 Å². The first-order valence-corrected chi connectivity index (χ1v) is 8.71. The normalized spacial score (nSPS) is 21.6. The summed E-state index contributed by atoms with van der Waals surface area (Å²) in [4.78, 5) is 39.7. The number of benzene rings is 1. The van der Waals surface area contributed by atoms with Crippen molar-refractivity contribution in [3.63, 3.8) is 0 Å². The van der Waals surface area contributed by atoms with Crippen LogP contribution in [-0.4, -0.2) is 66.2 Å². The van der Waals surface area contributed by atoms with Crippen LogP contribution in [0.2, 0.25) is 0 Å². The van der Waals surface area contributed by atoms with Crippen LogP contribution in [0, 0.1) is 5.82 Å². The zero-order valence-corrected chi connectivity index (χ0v) is 14.2. The molecule has 0 aliphatic carbocycles. The number of halogens is 1. The molecule has 3 amide bonds. The van der Waals surface area contributed by atoms with Gasteiger partial charge in [-0.2, -0.15) is 0 Å². The SMILES string of the molecule is O=C(CCN1C(=O)c2cccc(F)c2C1=O)N1CCC2(CC1)OCCO2. The Kier molecular flexibility index (Phi) is 4.24. The van der Waals surface area contributed by atoms with Crippen LogP contribution in [0.4, 0.5) is 4.39 Å². The van der Waals surface area contributed by atoms with Crippen LogP contribution in [0.1, 0.15) is 40.0 Å². The molecular formula is C18H19FN2O5. The third kappa shape index (κ3) is 2.79. The maximum Gasteiger partial charge on any atom is 0.264 e. The van der Waals surface area contributed by atoms with E-state index in [1.54, 1.807) is 4.90 Å². The summed E-state index contributed by atoms with van der Waals surface area (Å²) in [5.74, 6) is -2.65. The first-order chi connectivity index (χ1) is 12.5. The van der Waals surface area contributed by atoms with E-state index in [0.29, 0.717) is 39.1 Å². The van der Waals surface area contributed by atoms with E-state index in [2.05, 4.69) is 0 Å². The van der Waals surface area contributed by atoms with E-state index >= 15 is 0 Å². The highest BCUT2D eigenvalue weighted by Gasteiger charge is 2.41. The highest BCUT2D eigenvalue weighted by molar-refractivity contribution is 6.21. The average Bonchev–Trinajstić information content (AvgIpc) is 3.18. The number of rotatable bonds is 3. The number of piperidine rings is 1. The molecule has 0 bridgehead atoms. The maximum atomic E-state index is 13.8. The van der Waals surface area contributed by atoms with Crippen LogP contribution < -0.4 is 0 Å². The molecule has 1 aromatic carbocycles. The van der Waals surface area contributed by atoms with Gasteiger partial charge in [0.1, 0.15) is 5.82 Å². The van der Waals surface area contributed by atoms with E-state index in [-0.39, 0.29) is 30.0 Å². The molecule has 0 radical (unpaired) electrons. The largest absolute Gasteiger partial charge is 0.347 e. The van der Waals surface area contributed by atoms with E-state index in [0.717, 1.165) is 11.0 Å². The number of hydrogen-bond acceptors (Lipinski definition) is 5. The van der Waals surface area contributed by atoms with Gasteiger partial charge in [-0.3, -0.25) is 19.3 Å². The predicted molar refractivity (Wildman–Crippen MR) is 86.8 cm³/mol. The van der Waals surface area contributed by atoms with Crippen molar-refractivity contribution < 1.29 is 28.2 Å². The number of ether oxygens (including phenoxy) is 2. The van der Waals surface area contributed by atoms with Crippen molar-refractivity contribution in [2.24, 2.45) is 0 Å². The van der Waals surface area contributed by atoms with Crippen molar-refractivity contribution in [2.45, 2.75) is 25.0 Å². The van der Waals surface area contributed by atoms with Crippen molar-refractivity contribution in [2.75, 3.05) is 32.8 Å². The molecule has 2 fully saturated rings. The minimum absolute atomic E-state index is 0.0157. The molecule has 0 aromatic heterocycles. The number of imide groups is 1. The van der Waals surface area contributed by atoms with Crippen molar-refractivity contribution >= 4 is 17.7 Å². The monoisotopic (exact) mass is 362 g/mol. The fourth-order valence-corrected chi connectivity index (χ4v) is 3.74. The summed E-state index contributed by atoms with van der Waals surface area (Å²) < 4.78 is 25.1. The third-order valence-corrected chi connectivity index (χ3v) is 5.19. The number of amides is 3. The van der Waals surface area contributed by atoms with Crippen molar-refractivity contribution in [3.8, 4) is 0 Å². The summed E-state index contributed by atoms with van der Waals surface area (Å²) in [6.07, 6.45) is 1.23. The number of carbonyl (C=O) groups excluding carboxylic acids is 3. The highest BCUT2D eigenvalue weighted by atomic mass is 19.1. The number of fused-ring (bicyclic) bond motifs is 1. The van der Waals surface area contributed by atoms with Crippen molar-refractivity contribution in [1.29, 1.82) is 0 Å².